The Hall–Kier alpha value is -1.03. The van der Waals surface area contributed by atoms with E-state index in [4.69, 9.17) is 16.3 Å². The number of aliphatic hydroxyl groups is 1. The Morgan fingerprint density at radius 1 is 1.17 bits per heavy atom. The summed E-state index contributed by atoms with van der Waals surface area (Å²) >= 11 is 9.23. The minimum atomic E-state index is -0.495. The summed E-state index contributed by atoms with van der Waals surface area (Å²) in [5.74, 6) is 1.41. The van der Waals surface area contributed by atoms with E-state index in [0.717, 1.165) is 10.0 Å². The molecule has 2 aromatic carbocycles. The number of hydrogen-bond donors (Lipinski definition) is 1. The molecular formula is C14H12BrClO2. The monoisotopic (exact) mass is 326 g/mol. The fraction of sp³-hybridized carbons (Fsp3) is 0.143. The number of halogens is 2. The maximum absolute atomic E-state index is 9.48. The Labute approximate surface area is 119 Å². The Kier molecular flexibility index (Phi) is 4.27. The minimum absolute atomic E-state index is 0.495. The third kappa shape index (κ3) is 3.25. The third-order valence-electron chi connectivity index (χ3n) is 2.48. The minimum Gasteiger partial charge on any atom is -0.456 e. The van der Waals surface area contributed by atoms with Gasteiger partial charge in [-0.15, -0.1) is 0 Å². The van der Waals surface area contributed by atoms with Crippen LogP contribution in [0.4, 0.5) is 0 Å². The highest BCUT2D eigenvalue weighted by atomic mass is 79.9. The van der Waals surface area contributed by atoms with Crippen molar-refractivity contribution in [3.63, 3.8) is 0 Å². The lowest BCUT2D eigenvalue weighted by Crippen LogP contribution is -1.92. The molecule has 1 atom stereocenters. The summed E-state index contributed by atoms with van der Waals surface area (Å²) in [5, 5.41) is 10.2. The number of aliphatic hydroxyl groups excluding tert-OH is 1. The Balaban J connectivity index is 2.22. The molecule has 1 N–H and O–H groups in total. The Morgan fingerprint density at radius 3 is 2.39 bits per heavy atom. The van der Waals surface area contributed by atoms with Gasteiger partial charge in [-0.3, -0.25) is 0 Å². The van der Waals surface area contributed by atoms with Gasteiger partial charge in [-0.05, 0) is 64.8 Å². The van der Waals surface area contributed by atoms with Gasteiger partial charge in [0.15, 0.2) is 0 Å². The molecule has 0 radical (unpaired) electrons. The SMILES string of the molecule is C[C@H](O)c1ccc(Oc2ccc(Cl)cc2)c(Br)c1. The van der Waals surface area contributed by atoms with Gasteiger partial charge >= 0.3 is 0 Å². The zero-order valence-corrected chi connectivity index (χ0v) is 12.1. The molecule has 2 nitrogen and oxygen atoms in total. The van der Waals surface area contributed by atoms with E-state index in [0.29, 0.717) is 16.5 Å². The average molecular weight is 328 g/mol. The lowest BCUT2D eigenvalue weighted by atomic mass is 10.1. The average Bonchev–Trinajstić information content (AvgIpc) is 2.34. The van der Waals surface area contributed by atoms with E-state index in [1.807, 2.05) is 18.2 Å². The van der Waals surface area contributed by atoms with Gasteiger partial charge in [-0.25, -0.2) is 0 Å². The van der Waals surface area contributed by atoms with Crippen molar-refractivity contribution in [2.24, 2.45) is 0 Å². The first-order valence-electron chi connectivity index (χ1n) is 5.47. The molecule has 0 spiro atoms. The maximum atomic E-state index is 9.48. The molecule has 94 valence electrons. The summed E-state index contributed by atoms with van der Waals surface area (Å²) < 4.78 is 6.51. The second-order valence-electron chi connectivity index (χ2n) is 3.92. The molecule has 0 unspecified atom stereocenters. The number of benzene rings is 2. The lowest BCUT2D eigenvalue weighted by molar-refractivity contribution is 0.199. The summed E-state index contributed by atoms with van der Waals surface area (Å²) in [4.78, 5) is 0. The molecule has 0 aliphatic heterocycles. The van der Waals surface area contributed by atoms with Crippen LogP contribution in [0.3, 0.4) is 0 Å². The Bertz CT molecular complexity index is 538. The first kappa shape index (κ1) is 13.4. The fourth-order valence-electron chi connectivity index (χ4n) is 1.49. The molecular weight excluding hydrogens is 316 g/mol. The number of rotatable bonds is 3. The van der Waals surface area contributed by atoms with Crippen LogP contribution in [0.15, 0.2) is 46.9 Å². The molecule has 0 aromatic heterocycles. The van der Waals surface area contributed by atoms with Crippen molar-refractivity contribution in [3.05, 3.63) is 57.5 Å². The second kappa shape index (κ2) is 5.74. The maximum Gasteiger partial charge on any atom is 0.141 e. The molecule has 2 rings (SSSR count). The molecule has 2 aromatic rings. The molecule has 0 aliphatic rings. The highest BCUT2D eigenvalue weighted by Crippen LogP contribution is 2.32. The van der Waals surface area contributed by atoms with Gasteiger partial charge in [0.2, 0.25) is 0 Å². The van der Waals surface area contributed by atoms with Crippen molar-refractivity contribution >= 4 is 27.5 Å². The van der Waals surface area contributed by atoms with Crippen LogP contribution in [-0.2, 0) is 0 Å². The molecule has 0 bridgehead atoms. The topological polar surface area (TPSA) is 29.5 Å². The van der Waals surface area contributed by atoms with Crippen molar-refractivity contribution in [3.8, 4) is 11.5 Å². The summed E-state index contributed by atoms with van der Waals surface area (Å²) in [5.41, 5.74) is 0.838. The van der Waals surface area contributed by atoms with Crippen molar-refractivity contribution in [1.82, 2.24) is 0 Å². The van der Waals surface area contributed by atoms with E-state index in [1.54, 1.807) is 31.2 Å². The van der Waals surface area contributed by atoms with Crippen LogP contribution in [0.2, 0.25) is 5.02 Å². The summed E-state index contributed by atoms with van der Waals surface area (Å²) in [7, 11) is 0. The van der Waals surface area contributed by atoms with E-state index in [1.165, 1.54) is 0 Å². The normalized spacial score (nSPS) is 12.2. The molecule has 0 saturated heterocycles. The molecule has 4 heteroatoms. The smallest absolute Gasteiger partial charge is 0.141 e. The van der Waals surface area contributed by atoms with Crippen molar-refractivity contribution in [1.29, 1.82) is 0 Å². The van der Waals surface area contributed by atoms with E-state index in [-0.39, 0.29) is 0 Å². The van der Waals surface area contributed by atoms with Crippen molar-refractivity contribution < 1.29 is 9.84 Å². The van der Waals surface area contributed by atoms with E-state index in [2.05, 4.69) is 15.9 Å². The first-order chi connectivity index (χ1) is 8.56. The molecule has 0 heterocycles. The van der Waals surface area contributed by atoms with E-state index >= 15 is 0 Å². The zero-order chi connectivity index (χ0) is 13.1. The van der Waals surface area contributed by atoms with Crippen LogP contribution >= 0.6 is 27.5 Å². The summed E-state index contributed by atoms with van der Waals surface area (Å²) in [6.45, 7) is 1.72. The quantitative estimate of drug-likeness (QED) is 0.864. The van der Waals surface area contributed by atoms with Gasteiger partial charge < -0.3 is 9.84 Å². The standard InChI is InChI=1S/C14H12BrClO2/c1-9(17)10-2-7-14(13(15)8-10)18-12-5-3-11(16)4-6-12/h2-9,17H,1H3/t9-/m0/s1. The van der Waals surface area contributed by atoms with Crippen molar-refractivity contribution in [2.45, 2.75) is 13.0 Å². The van der Waals surface area contributed by atoms with Crippen LogP contribution < -0.4 is 4.74 Å². The zero-order valence-electron chi connectivity index (χ0n) is 9.73. The van der Waals surface area contributed by atoms with Gasteiger partial charge in [0.25, 0.3) is 0 Å². The van der Waals surface area contributed by atoms with Crippen molar-refractivity contribution in [2.75, 3.05) is 0 Å². The molecule has 0 fully saturated rings. The summed E-state index contributed by atoms with van der Waals surface area (Å²) in [6.07, 6.45) is -0.495. The highest BCUT2D eigenvalue weighted by Gasteiger charge is 2.07. The van der Waals surface area contributed by atoms with Crippen LogP contribution in [0, 0.1) is 0 Å². The molecule has 0 saturated carbocycles. The van der Waals surface area contributed by atoms with Crippen LogP contribution in [0.25, 0.3) is 0 Å². The van der Waals surface area contributed by atoms with Gasteiger partial charge in [0.1, 0.15) is 11.5 Å². The van der Waals surface area contributed by atoms with Crippen LogP contribution in [0.1, 0.15) is 18.6 Å². The number of hydrogen-bond acceptors (Lipinski definition) is 2. The van der Waals surface area contributed by atoms with Gasteiger partial charge in [0, 0.05) is 5.02 Å². The first-order valence-corrected chi connectivity index (χ1v) is 6.64. The second-order valence-corrected chi connectivity index (χ2v) is 5.21. The van der Waals surface area contributed by atoms with Gasteiger partial charge in [-0.2, -0.15) is 0 Å². The predicted octanol–water partition coefficient (Wildman–Crippen LogP) is 4.95. The van der Waals surface area contributed by atoms with Crippen LogP contribution in [-0.4, -0.2) is 5.11 Å². The van der Waals surface area contributed by atoms with Gasteiger partial charge in [-0.1, -0.05) is 17.7 Å². The summed E-state index contributed by atoms with van der Waals surface area (Å²) in [6, 6.07) is 12.6. The van der Waals surface area contributed by atoms with E-state index in [9.17, 15) is 5.11 Å². The largest absolute Gasteiger partial charge is 0.456 e. The molecule has 0 amide bonds. The van der Waals surface area contributed by atoms with E-state index < -0.39 is 6.10 Å². The van der Waals surface area contributed by atoms with Gasteiger partial charge in [0.05, 0.1) is 10.6 Å². The highest BCUT2D eigenvalue weighted by molar-refractivity contribution is 9.10. The Morgan fingerprint density at radius 2 is 1.83 bits per heavy atom. The third-order valence-corrected chi connectivity index (χ3v) is 3.35. The fourth-order valence-corrected chi connectivity index (χ4v) is 2.09. The molecule has 18 heavy (non-hydrogen) atoms. The number of ether oxygens (including phenoxy) is 1. The lowest BCUT2D eigenvalue weighted by Gasteiger charge is -2.10. The van der Waals surface area contributed by atoms with Crippen LogP contribution in [0.5, 0.6) is 11.5 Å². The predicted molar refractivity (Wildman–Crippen MR) is 76.3 cm³/mol. The molecule has 0 aliphatic carbocycles.